The summed E-state index contributed by atoms with van der Waals surface area (Å²) in [6, 6.07) is 2.77. The zero-order chi connectivity index (χ0) is 16.8. The van der Waals surface area contributed by atoms with Crippen LogP contribution in [0, 0.1) is 5.92 Å². The molecule has 6 nitrogen and oxygen atoms in total. The fourth-order valence-electron chi connectivity index (χ4n) is 2.00. The number of aryl methyl sites for hydroxylation is 1. The minimum absolute atomic E-state index is 0.0688. The molecule has 1 rings (SSSR count). The lowest BCUT2D eigenvalue weighted by molar-refractivity contribution is 0.00586. The maximum absolute atomic E-state index is 12.1. The zero-order valence-corrected chi connectivity index (χ0v) is 13.9. The van der Waals surface area contributed by atoms with Crippen molar-refractivity contribution in [2.24, 2.45) is 5.92 Å². The SMILES string of the molecule is CCCCn1nc(C(=O)NCC(C)(O)C(C)CC)ccc1=O. The van der Waals surface area contributed by atoms with Crippen molar-refractivity contribution in [1.82, 2.24) is 15.1 Å². The van der Waals surface area contributed by atoms with Crippen LogP contribution in [0.4, 0.5) is 0 Å². The van der Waals surface area contributed by atoms with Gasteiger partial charge >= 0.3 is 0 Å². The number of nitrogens with zero attached hydrogens (tertiary/aromatic N) is 2. The Morgan fingerprint density at radius 1 is 1.45 bits per heavy atom. The van der Waals surface area contributed by atoms with Gasteiger partial charge in [0, 0.05) is 19.2 Å². The third-order valence-corrected chi connectivity index (χ3v) is 4.10. The topological polar surface area (TPSA) is 84.2 Å². The first-order valence-corrected chi connectivity index (χ1v) is 7.90. The molecule has 0 fully saturated rings. The predicted octanol–water partition coefficient (Wildman–Crippen LogP) is 1.57. The van der Waals surface area contributed by atoms with E-state index in [2.05, 4.69) is 10.4 Å². The number of rotatable bonds is 8. The molecule has 0 bridgehead atoms. The number of hydrogen-bond acceptors (Lipinski definition) is 4. The molecule has 0 saturated heterocycles. The highest BCUT2D eigenvalue weighted by Gasteiger charge is 2.27. The monoisotopic (exact) mass is 309 g/mol. The van der Waals surface area contributed by atoms with Gasteiger partial charge < -0.3 is 10.4 Å². The van der Waals surface area contributed by atoms with Crippen LogP contribution in [-0.2, 0) is 6.54 Å². The molecule has 2 N–H and O–H groups in total. The molecule has 0 aliphatic carbocycles. The van der Waals surface area contributed by atoms with Gasteiger partial charge in [-0.05, 0) is 25.3 Å². The molecule has 0 aliphatic heterocycles. The van der Waals surface area contributed by atoms with Gasteiger partial charge in [-0.15, -0.1) is 0 Å². The van der Waals surface area contributed by atoms with Crippen molar-refractivity contribution < 1.29 is 9.90 Å². The van der Waals surface area contributed by atoms with Crippen LogP contribution in [0.25, 0.3) is 0 Å². The fourth-order valence-corrected chi connectivity index (χ4v) is 2.00. The van der Waals surface area contributed by atoms with Crippen molar-refractivity contribution >= 4 is 5.91 Å². The third kappa shape index (κ3) is 4.94. The van der Waals surface area contributed by atoms with Gasteiger partial charge in [-0.25, -0.2) is 4.68 Å². The van der Waals surface area contributed by atoms with Crippen molar-refractivity contribution in [3.63, 3.8) is 0 Å². The first-order chi connectivity index (χ1) is 10.3. The molecule has 0 radical (unpaired) electrons. The van der Waals surface area contributed by atoms with Gasteiger partial charge in [-0.3, -0.25) is 9.59 Å². The van der Waals surface area contributed by atoms with Crippen LogP contribution in [-0.4, -0.2) is 32.9 Å². The minimum atomic E-state index is -0.971. The molecule has 124 valence electrons. The van der Waals surface area contributed by atoms with E-state index in [1.54, 1.807) is 6.92 Å². The molecule has 22 heavy (non-hydrogen) atoms. The molecule has 1 heterocycles. The Morgan fingerprint density at radius 3 is 2.73 bits per heavy atom. The fraction of sp³-hybridized carbons (Fsp3) is 0.688. The van der Waals surface area contributed by atoms with E-state index in [1.165, 1.54) is 16.8 Å². The van der Waals surface area contributed by atoms with Crippen LogP contribution in [0.15, 0.2) is 16.9 Å². The van der Waals surface area contributed by atoms with Crippen LogP contribution >= 0.6 is 0 Å². The molecule has 1 amide bonds. The van der Waals surface area contributed by atoms with Crippen LogP contribution in [0.3, 0.4) is 0 Å². The highest BCUT2D eigenvalue weighted by molar-refractivity contribution is 5.92. The lowest BCUT2D eigenvalue weighted by atomic mass is 9.88. The van der Waals surface area contributed by atoms with Crippen molar-refractivity contribution in [2.45, 2.75) is 59.1 Å². The third-order valence-electron chi connectivity index (χ3n) is 4.10. The smallest absolute Gasteiger partial charge is 0.271 e. The molecule has 0 spiro atoms. The molecular formula is C16H27N3O3. The van der Waals surface area contributed by atoms with E-state index in [0.29, 0.717) is 6.54 Å². The van der Waals surface area contributed by atoms with Crippen LogP contribution in [0.2, 0.25) is 0 Å². The van der Waals surface area contributed by atoms with Gasteiger partial charge in [0.1, 0.15) is 5.69 Å². The van der Waals surface area contributed by atoms with Gasteiger partial charge in [-0.2, -0.15) is 5.10 Å². The second-order valence-electron chi connectivity index (χ2n) is 5.98. The van der Waals surface area contributed by atoms with Gasteiger partial charge in [0.05, 0.1) is 5.60 Å². The Hall–Kier alpha value is -1.69. The predicted molar refractivity (Wildman–Crippen MR) is 85.8 cm³/mol. The highest BCUT2D eigenvalue weighted by atomic mass is 16.3. The summed E-state index contributed by atoms with van der Waals surface area (Å²) in [6.07, 6.45) is 2.60. The maximum Gasteiger partial charge on any atom is 0.271 e. The molecular weight excluding hydrogens is 282 g/mol. The summed E-state index contributed by atoms with van der Waals surface area (Å²) in [5.41, 5.74) is -0.992. The summed E-state index contributed by atoms with van der Waals surface area (Å²) < 4.78 is 1.31. The molecule has 6 heteroatoms. The van der Waals surface area contributed by atoms with Crippen molar-refractivity contribution in [3.05, 3.63) is 28.2 Å². The van der Waals surface area contributed by atoms with Crippen LogP contribution < -0.4 is 10.9 Å². The average molecular weight is 309 g/mol. The second kappa shape index (κ2) is 8.08. The van der Waals surface area contributed by atoms with E-state index in [4.69, 9.17) is 0 Å². The summed E-state index contributed by atoms with van der Waals surface area (Å²) in [7, 11) is 0. The van der Waals surface area contributed by atoms with E-state index in [0.717, 1.165) is 19.3 Å². The van der Waals surface area contributed by atoms with E-state index in [9.17, 15) is 14.7 Å². The number of carbonyl (C=O) groups excluding carboxylic acids is 1. The Bertz CT molecular complexity index is 552. The van der Waals surface area contributed by atoms with E-state index < -0.39 is 5.60 Å². The molecule has 2 unspecified atom stereocenters. The van der Waals surface area contributed by atoms with Crippen molar-refractivity contribution in [2.75, 3.05) is 6.54 Å². The molecule has 2 atom stereocenters. The van der Waals surface area contributed by atoms with Crippen molar-refractivity contribution in [1.29, 1.82) is 0 Å². The van der Waals surface area contributed by atoms with Gasteiger partial charge in [0.2, 0.25) is 0 Å². The largest absolute Gasteiger partial charge is 0.388 e. The minimum Gasteiger partial charge on any atom is -0.388 e. The lowest BCUT2D eigenvalue weighted by Crippen LogP contribution is -2.45. The number of nitrogens with one attached hydrogen (secondary N) is 1. The molecule has 1 aromatic heterocycles. The number of aliphatic hydroxyl groups is 1. The molecule has 1 aromatic rings. The van der Waals surface area contributed by atoms with E-state index in [1.807, 2.05) is 20.8 Å². The molecule has 0 aromatic carbocycles. The van der Waals surface area contributed by atoms with E-state index >= 15 is 0 Å². The first kappa shape index (κ1) is 18.4. The van der Waals surface area contributed by atoms with Crippen LogP contribution in [0.5, 0.6) is 0 Å². The quantitative estimate of drug-likeness (QED) is 0.763. The van der Waals surface area contributed by atoms with Gasteiger partial charge in [0.25, 0.3) is 11.5 Å². The lowest BCUT2D eigenvalue weighted by Gasteiger charge is -2.29. The van der Waals surface area contributed by atoms with Crippen molar-refractivity contribution in [3.8, 4) is 0 Å². The van der Waals surface area contributed by atoms with E-state index in [-0.39, 0.29) is 29.6 Å². The first-order valence-electron chi connectivity index (χ1n) is 7.90. The van der Waals surface area contributed by atoms with Gasteiger partial charge in [-0.1, -0.05) is 33.6 Å². The Labute approximate surface area is 131 Å². The molecule has 0 saturated carbocycles. The summed E-state index contributed by atoms with van der Waals surface area (Å²) in [4.78, 5) is 23.8. The Balaban J connectivity index is 2.75. The number of hydrogen-bond donors (Lipinski definition) is 2. The summed E-state index contributed by atoms with van der Waals surface area (Å²) >= 11 is 0. The van der Waals surface area contributed by atoms with Gasteiger partial charge in [0.15, 0.2) is 0 Å². The summed E-state index contributed by atoms with van der Waals surface area (Å²) in [5, 5.41) is 17.1. The Kier molecular flexibility index (Phi) is 6.74. The average Bonchev–Trinajstić information content (AvgIpc) is 2.50. The second-order valence-corrected chi connectivity index (χ2v) is 5.98. The Morgan fingerprint density at radius 2 is 2.14 bits per heavy atom. The normalized spacial score (nSPS) is 15.1. The zero-order valence-electron chi connectivity index (χ0n) is 13.9. The summed E-state index contributed by atoms with van der Waals surface area (Å²) in [6.45, 7) is 8.31. The maximum atomic E-state index is 12.1. The number of aromatic nitrogens is 2. The number of amides is 1. The standard InChI is InChI=1S/C16H27N3O3/c1-5-7-10-19-14(20)9-8-13(18-19)15(21)17-11-16(4,22)12(3)6-2/h8-9,12,22H,5-7,10-11H2,1-4H3,(H,17,21). The summed E-state index contributed by atoms with van der Waals surface area (Å²) in [5.74, 6) is -0.312. The number of unbranched alkanes of at least 4 members (excludes halogenated alkanes) is 1. The van der Waals surface area contributed by atoms with Crippen LogP contribution in [0.1, 0.15) is 57.4 Å². The number of carbonyl (C=O) groups is 1. The highest BCUT2D eigenvalue weighted by Crippen LogP contribution is 2.18. The molecule has 0 aliphatic rings.